The molecule has 0 saturated heterocycles. The van der Waals surface area contributed by atoms with Crippen LogP contribution in [-0.2, 0) is 6.42 Å². The molecule has 0 spiro atoms. The number of aromatic nitrogens is 2. The maximum Gasteiger partial charge on any atom is 0.337 e. The number of carboxylic acids is 1. The van der Waals surface area contributed by atoms with Crippen LogP contribution in [0.25, 0.3) is 22.2 Å². The van der Waals surface area contributed by atoms with Crippen molar-refractivity contribution < 1.29 is 14.3 Å². The van der Waals surface area contributed by atoms with Crippen molar-refractivity contribution in [1.29, 1.82) is 0 Å². The van der Waals surface area contributed by atoms with Gasteiger partial charge in [-0.2, -0.15) is 9.78 Å². The highest BCUT2D eigenvalue weighted by molar-refractivity contribution is 9.10. The topological polar surface area (TPSA) is 97.7 Å². The summed E-state index contributed by atoms with van der Waals surface area (Å²) in [6.45, 7) is 2.07. The second kappa shape index (κ2) is 9.72. The van der Waals surface area contributed by atoms with E-state index in [0.29, 0.717) is 40.2 Å². The summed E-state index contributed by atoms with van der Waals surface area (Å²) in [5.74, 6) is 0.308. The Morgan fingerprint density at radius 1 is 1.24 bits per heavy atom. The molecule has 2 heterocycles. The van der Waals surface area contributed by atoms with Gasteiger partial charge in [-0.05, 0) is 55.0 Å². The van der Waals surface area contributed by atoms with Crippen LogP contribution < -0.4 is 5.56 Å². The number of nitrogens with zero attached hydrogens (tertiary/aromatic N) is 3. The predicted molar refractivity (Wildman–Crippen MR) is 131 cm³/mol. The SMILES string of the molecule is CCCCc1nc2ccc(Br)cc2c(=O)n1N=Cc1ccc(-c2ccc(Cl)c(C(=O)O)c2)o1. The zero-order valence-electron chi connectivity index (χ0n) is 17.6. The number of aromatic carboxylic acids is 1. The lowest BCUT2D eigenvalue weighted by Crippen LogP contribution is -2.22. The molecule has 4 rings (SSSR count). The fourth-order valence-corrected chi connectivity index (χ4v) is 3.90. The van der Waals surface area contributed by atoms with Crippen LogP contribution in [0, 0.1) is 0 Å². The van der Waals surface area contributed by atoms with Crippen molar-refractivity contribution in [2.45, 2.75) is 26.2 Å². The molecule has 2 aromatic heterocycles. The summed E-state index contributed by atoms with van der Waals surface area (Å²) in [5, 5.41) is 14.3. The van der Waals surface area contributed by atoms with Gasteiger partial charge in [0, 0.05) is 16.5 Å². The number of fused-ring (bicyclic) bond motifs is 1. The smallest absolute Gasteiger partial charge is 0.337 e. The summed E-state index contributed by atoms with van der Waals surface area (Å²) in [4.78, 5) is 29.1. The van der Waals surface area contributed by atoms with Crippen molar-refractivity contribution in [2.24, 2.45) is 5.10 Å². The van der Waals surface area contributed by atoms with Gasteiger partial charge in [0.25, 0.3) is 5.56 Å². The van der Waals surface area contributed by atoms with Crippen molar-refractivity contribution in [2.75, 3.05) is 0 Å². The second-order valence-corrected chi connectivity index (χ2v) is 8.68. The Morgan fingerprint density at radius 3 is 2.82 bits per heavy atom. The van der Waals surface area contributed by atoms with Crippen LogP contribution in [0.1, 0.15) is 41.7 Å². The van der Waals surface area contributed by atoms with Crippen LogP contribution in [0.2, 0.25) is 5.02 Å². The van der Waals surface area contributed by atoms with Crippen molar-refractivity contribution >= 4 is 50.6 Å². The van der Waals surface area contributed by atoms with E-state index in [2.05, 4.69) is 32.9 Å². The number of halogens is 2. The first-order valence-electron chi connectivity index (χ1n) is 10.3. The van der Waals surface area contributed by atoms with E-state index < -0.39 is 5.97 Å². The third kappa shape index (κ3) is 4.91. The highest BCUT2D eigenvalue weighted by atomic mass is 79.9. The molecule has 0 unspecified atom stereocenters. The van der Waals surface area contributed by atoms with E-state index in [1.807, 2.05) is 6.07 Å². The van der Waals surface area contributed by atoms with Gasteiger partial charge in [0.2, 0.25) is 0 Å². The van der Waals surface area contributed by atoms with Gasteiger partial charge < -0.3 is 9.52 Å². The van der Waals surface area contributed by atoms with Gasteiger partial charge in [-0.3, -0.25) is 4.79 Å². The molecule has 0 bridgehead atoms. The molecule has 168 valence electrons. The van der Waals surface area contributed by atoms with Crippen molar-refractivity contribution in [1.82, 2.24) is 9.66 Å². The third-order valence-corrected chi connectivity index (χ3v) is 5.86. The van der Waals surface area contributed by atoms with Gasteiger partial charge in [0.05, 0.1) is 27.7 Å². The molecule has 0 aliphatic carbocycles. The fourth-order valence-electron chi connectivity index (χ4n) is 3.34. The predicted octanol–water partition coefficient (Wildman–Crippen LogP) is 6.00. The number of unbranched alkanes of at least 4 members (excludes halogenated alkanes) is 1. The van der Waals surface area contributed by atoms with Crippen LogP contribution in [0.3, 0.4) is 0 Å². The van der Waals surface area contributed by atoms with E-state index in [4.69, 9.17) is 16.0 Å². The maximum absolute atomic E-state index is 13.1. The number of carboxylic acid groups (broad SMARTS) is 1. The van der Waals surface area contributed by atoms with Crippen LogP contribution in [0.15, 0.2) is 67.3 Å². The number of benzene rings is 2. The Balaban J connectivity index is 1.71. The van der Waals surface area contributed by atoms with Crippen LogP contribution in [0.4, 0.5) is 0 Å². The summed E-state index contributed by atoms with van der Waals surface area (Å²) in [7, 11) is 0. The maximum atomic E-state index is 13.1. The first-order valence-corrected chi connectivity index (χ1v) is 11.4. The number of furan rings is 1. The highest BCUT2D eigenvalue weighted by Crippen LogP contribution is 2.26. The molecule has 1 N–H and O–H groups in total. The third-order valence-electron chi connectivity index (χ3n) is 5.04. The quantitative estimate of drug-likeness (QED) is 0.297. The number of aryl methyl sites for hydroxylation is 1. The van der Waals surface area contributed by atoms with Gasteiger partial charge in [0.15, 0.2) is 0 Å². The lowest BCUT2D eigenvalue weighted by molar-refractivity contribution is 0.0697. The van der Waals surface area contributed by atoms with E-state index in [9.17, 15) is 14.7 Å². The molecule has 7 nitrogen and oxygen atoms in total. The second-order valence-electron chi connectivity index (χ2n) is 7.36. The van der Waals surface area contributed by atoms with Crippen molar-refractivity contribution in [3.05, 3.63) is 85.5 Å². The summed E-state index contributed by atoms with van der Waals surface area (Å²) in [5.41, 5.74) is 0.910. The summed E-state index contributed by atoms with van der Waals surface area (Å²) in [6.07, 6.45) is 3.89. The Hall–Kier alpha value is -3.23. The zero-order valence-corrected chi connectivity index (χ0v) is 19.9. The van der Waals surface area contributed by atoms with E-state index in [0.717, 1.165) is 17.3 Å². The molecule has 0 aliphatic heterocycles. The monoisotopic (exact) mass is 527 g/mol. The van der Waals surface area contributed by atoms with E-state index in [1.54, 1.807) is 30.3 Å². The van der Waals surface area contributed by atoms with Crippen molar-refractivity contribution in [3.63, 3.8) is 0 Å². The molecule has 9 heteroatoms. The number of hydrogen-bond acceptors (Lipinski definition) is 5. The molecule has 0 aliphatic rings. The Labute approximate surface area is 202 Å². The minimum absolute atomic E-state index is 0.0127. The van der Waals surface area contributed by atoms with E-state index >= 15 is 0 Å². The molecular weight excluding hydrogens is 510 g/mol. The van der Waals surface area contributed by atoms with Crippen LogP contribution >= 0.6 is 27.5 Å². The van der Waals surface area contributed by atoms with Crippen LogP contribution in [-0.4, -0.2) is 27.0 Å². The standard InChI is InChI=1S/C24H19BrClN3O4/c1-2-3-4-22-28-20-9-6-15(25)12-18(20)23(30)29(22)27-13-16-7-10-21(33-16)14-5-8-19(26)17(11-14)24(31)32/h5-13H,2-4H2,1H3,(H,31,32). The van der Waals surface area contributed by atoms with Gasteiger partial charge in [0.1, 0.15) is 17.3 Å². The Kier molecular flexibility index (Phi) is 6.76. The summed E-state index contributed by atoms with van der Waals surface area (Å²) in [6, 6.07) is 13.4. The lowest BCUT2D eigenvalue weighted by Gasteiger charge is -2.09. The average Bonchev–Trinajstić information content (AvgIpc) is 3.26. The molecule has 0 radical (unpaired) electrons. The van der Waals surface area contributed by atoms with Crippen LogP contribution in [0.5, 0.6) is 0 Å². The molecule has 0 amide bonds. The molecule has 0 saturated carbocycles. The molecule has 4 aromatic rings. The minimum atomic E-state index is -1.12. The number of carbonyl (C=O) groups is 1. The molecular formula is C24H19BrClN3O4. The fraction of sp³-hybridized carbons (Fsp3) is 0.167. The molecule has 0 fully saturated rings. The van der Waals surface area contributed by atoms with E-state index in [1.165, 1.54) is 23.0 Å². The first kappa shape index (κ1) is 22.9. The minimum Gasteiger partial charge on any atom is -0.478 e. The first-order chi connectivity index (χ1) is 15.9. The average molecular weight is 529 g/mol. The Morgan fingerprint density at radius 2 is 2.06 bits per heavy atom. The van der Waals surface area contributed by atoms with Gasteiger partial charge >= 0.3 is 5.97 Å². The largest absolute Gasteiger partial charge is 0.478 e. The van der Waals surface area contributed by atoms with E-state index in [-0.39, 0.29) is 16.1 Å². The van der Waals surface area contributed by atoms with Gasteiger partial charge in [-0.1, -0.05) is 40.9 Å². The zero-order chi connectivity index (χ0) is 23.5. The lowest BCUT2D eigenvalue weighted by atomic mass is 10.1. The molecule has 0 atom stereocenters. The molecule has 2 aromatic carbocycles. The number of rotatable bonds is 7. The summed E-state index contributed by atoms with van der Waals surface area (Å²) < 4.78 is 7.89. The van der Waals surface area contributed by atoms with Crippen molar-refractivity contribution in [3.8, 4) is 11.3 Å². The summed E-state index contributed by atoms with van der Waals surface area (Å²) >= 11 is 9.34. The molecule has 33 heavy (non-hydrogen) atoms. The normalized spacial score (nSPS) is 11.5. The van der Waals surface area contributed by atoms with Gasteiger partial charge in [-0.15, -0.1) is 0 Å². The Bertz CT molecular complexity index is 1440. The highest BCUT2D eigenvalue weighted by Gasteiger charge is 2.13. The number of hydrogen-bond donors (Lipinski definition) is 1. The van der Waals surface area contributed by atoms with Gasteiger partial charge in [-0.25, -0.2) is 9.78 Å².